The average Bonchev–Trinajstić information content (AvgIpc) is 2.73. The van der Waals surface area contributed by atoms with Gasteiger partial charge in [0.1, 0.15) is 4.90 Å². The van der Waals surface area contributed by atoms with Crippen LogP contribution in [0.3, 0.4) is 0 Å². The Morgan fingerprint density at radius 1 is 1.38 bits per heavy atom. The fourth-order valence-electron chi connectivity index (χ4n) is 2.71. The summed E-state index contributed by atoms with van der Waals surface area (Å²) in [6.07, 6.45) is 3.74. The maximum atomic E-state index is 12.7. The SMILES string of the molecule is CCC1(NS(=O)(=O)c2c(CNC(C)C)n[nH]c2C)CCC1. The molecule has 1 aliphatic carbocycles. The molecule has 120 valence electrons. The first-order chi connectivity index (χ1) is 9.80. The molecule has 1 heterocycles. The minimum Gasteiger partial charge on any atom is -0.309 e. The second-order valence-corrected chi connectivity index (χ2v) is 7.87. The van der Waals surface area contributed by atoms with Gasteiger partial charge in [0.2, 0.25) is 10.0 Å². The zero-order chi connectivity index (χ0) is 15.7. The number of aryl methyl sites for hydroxylation is 1. The smallest absolute Gasteiger partial charge is 0.244 e. The van der Waals surface area contributed by atoms with Gasteiger partial charge in [0.25, 0.3) is 0 Å². The van der Waals surface area contributed by atoms with Crippen molar-refractivity contribution >= 4 is 10.0 Å². The fourth-order valence-corrected chi connectivity index (χ4v) is 4.61. The van der Waals surface area contributed by atoms with Crippen LogP contribution in [-0.2, 0) is 16.6 Å². The molecule has 0 bridgehead atoms. The van der Waals surface area contributed by atoms with E-state index in [9.17, 15) is 8.42 Å². The van der Waals surface area contributed by atoms with Gasteiger partial charge in [0.15, 0.2) is 0 Å². The standard InChI is InChI=1S/C14H26N4O2S/c1-5-14(7-6-8-14)18-21(19,20)13-11(4)16-17-12(13)9-15-10(2)3/h10,15,18H,5-9H2,1-4H3,(H,16,17). The monoisotopic (exact) mass is 314 g/mol. The Morgan fingerprint density at radius 3 is 2.52 bits per heavy atom. The van der Waals surface area contributed by atoms with E-state index in [1.165, 1.54) is 0 Å². The van der Waals surface area contributed by atoms with E-state index in [4.69, 9.17) is 0 Å². The van der Waals surface area contributed by atoms with Crippen molar-refractivity contribution in [2.45, 2.75) is 76.4 Å². The molecule has 0 unspecified atom stereocenters. The van der Waals surface area contributed by atoms with Crippen molar-refractivity contribution in [2.75, 3.05) is 0 Å². The number of aromatic nitrogens is 2. The first-order valence-electron chi connectivity index (χ1n) is 7.61. The van der Waals surface area contributed by atoms with Crippen LogP contribution in [0.25, 0.3) is 0 Å². The van der Waals surface area contributed by atoms with E-state index in [0.29, 0.717) is 22.8 Å². The molecule has 1 fully saturated rings. The van der Waals surface area contributed by atoms with Gasteiger partial charge in [-0.15, -0.1) is 0 Å². The predicted molar refractivity (Wildman–Crippen MR) is 82.5 cm³/mol. The third-order valence-corrected chi connectivity index (χ3v) is 6.03. The third-order valence-electron chi connectivity index (χ3n) is 4.25. The van der Waals surface area contributed by atoms with E-state index in [1.54, 1.807) is 6.92 Å². The zero-order valence-electron chi connectivity index (χ0n) is 13.3. The summed E-state index contributed by atoms with van der Waals surface area (Å²) in [5.41, 5.74) is 0.888. The summed E-state index contributed by atoms with van der Waals surface area (Å²) < 4.78 is 28.4. The van der Waals surface area contributed by atoms with Crippen molar-refractivity contribution in [1.29, 1.82) is 0 Å². The molecule has 1 aromatic rings. The molecule has 3 N–H and O–H groups in total. The Hall–Kier alpha value is -0.920. The molecule has 1 saturated carbocycles. The van der Waals surface area contributed by atoms with Crippen molar-refractivity contribution in [1.82, 2.24) is 20.2 Å². The number of hydrogen-bond donors (Lipinski definition) is 3. The minimum absolute atomic E-state index is 0.259. The van der Waals surface area contributed by atoms with Crippen LogP contribution in [-0.4, -0.2) is 30.2 Å². The topological polar surface area (TPSA) is 86.9 Å². The van der Waals surface area contributed by atoms with Crippen LogP contribution in [0.2, 0.25) is 0 Å². The van der Waals surface area contributed by atoms with Crippen molar-refractivity contribution in [3.8, 4) is 0 Å². The number of sulfonamides is 1. The highest BCUT2D eigenvalue weighted by molar-refractivity contribution is 7.89. The molecule has 0 saturated heterocycles. The Morgan fingerprint density at radius 2 is 2.05 bits per heavy atom. The van der Waals surface area contributed by atoms with Gasteiger partial charge in [-0.25, -0.2) is 13.1 Å². The maximum Gasteiger partial charge on any atom is 0.244 e. The van der Waals surface area contributed by atoms with Gasteiger partial charge in [-0.3, -0.25) is 5.10 Å². The molecule has 6 nitrogen and oxygen atoms in total. The lowest BCUT2D eigenvalue weighted by molar-refractivity contribution is 0.213. The fraction of sp³-hybridized carbons (Fsp3) is 0.786. The highest BCUT2D eigenvalue weighted by atomic mass is 32.2. The molecular formula is C14H26N4O2S. The van der Waals surface area contributed by atoms with E-state index in [0.717, 1.165) is 25.7 Å². The normalized spacial score (nSPS) is 18.0. The van der Waals surface area contributed by atoms with Crippen molar-refractivity contribution in [2.24, 2.45) is 0 Å². The zero-order valence-corrected chi connectivity index (χ0v) is 14.1. The molecule has 7 heteroatoms. The van der Waals surface area contributed by atoms with Crippen LogP contribution in [0.5, 0.6) is 0 Å². The quantitative estimate of drug-likeness (QED) is 0.716. The number of nitrogens with one attached hydrogen (secondary N) is 3. The number of aromatic amines is 1. The van der Waals surface area contributed by atoms with Crippen molar-refractivity contribution in [3.63, 3.8) is 0 Å². The molecule has 0 spiro atoms. The van der Waals surface area contributed by atoms with Crippen molar-refractivity contribution in [3.05, 3.63) is 11.4 Å². The van der Waals surface area contributed by atoms with Crippen LogP contribution < -0.4 is 10.0 Å². The Kier molecular flexibility index (Phi) is 4.75. The van der Waals surface area contributed by atoms with E-state index in [1.807, 2.05) is 20.8 Å². The molecule has 1 aromatic heterocycles. The van der Waals surface area contributed by atoms with Gasteiger partial charge >= 0.3 is 0 Å². The molecular weight excluding hydrogens is 288 g/mol. The van der Waals surface area contributed by atoms with E-state index in [2.05, 4.69) is 20.2 Å². The summed E-state index contributed by atoms with van der Waals surface area (Å²) in [7, 11) is -3.54. The Bertz CT molecular complexity index is 583. The van der Waals surface area contributed by atoms with Gasteiger partial charge in [0, 0.05) is 18.1 Å². The molecule has 0 atom stereocenters. The lowest BCUT2D eigenvalue weighted by Crippen LogP contribution is -2.53. The number of rotatable bonds is 7. The van der Waals surface area contributed by atoms with Crippen LogP contribution in [0.4, 0.5) is 0 Å². The highest BCUT2D eigenvalue weighted by Gasteiger charge is 2.40. The predicted octanol–water partition coefficient (Wildman–Crippen LogP) is 1.83. The lowest BCUT2D eigenvalue weighted by Gasteiger charge is -2.41. The molecule has 1 aliphatic rings. The molecule has 0 amide bonds. The number of nitrogens with zero attached hydrogens (tertiary/aromatic N) is 1. The highest BCUT2D eigenvalue weighted by Crippen LogP contribution is 2.36. The van der Waals surface area contributed by atoms with Gasteiger partial charge in [0.05, 0.1) is 11.4 Å². The Balaban J connectivity index is 2.25. The summed E-state index contributed by atoms with van der Waals surface area (Å²) in [6.45, 7) is 8.26. The van der Waals surface area contributed by atoms with E-state index >= 15 is 0 Å². The van der Waals surface area contributed by atoms with Crippen LogP contribution in [0.1, 0.15) is 57.8 Å². The molecule has 0 aromatic carbocycles. The first-order valence-corrected chi connectivity index (χ1v) is 9.09. The molecule has 21 heavy (non-hydrogen) atoms. The number of hydrogen-bond acceptors (Lipinski definition) is 4. The average molecular weight is 314 g/mol. The van der Waals surface area contributed by atoms with E-state index < -0.39 is 10.0 Å². The lowest BCUT2D eigenvalue weighted by atomic mass is 9.76. The van der Waals surface area contributed by atoms with Crippen molar-refractivity contribution < 1.29 is 8.42 Å². The summed E-state index contributed by atoms with van der Waals surface area (Å²) in [5, 5.41) is 10.2. The Labute approximate surface area is 127 Å². The van der Waals surface area contributed by atoms with E-state index in [-0.39, 0.29) is 11.6 Å². The molecule has 0 aliphatic heterocycles. The van der Waals surface area contributed by atoms with Gasteiger partial charge in [-0.05, 0) is 32.6 Å². The first kappa shape index (κ1) is 16.5. The summed E-state index contributed by atoms with van der Waals surface area (Å²) in [4.78, 5) is 0.301. The molecule has 2 rings (SSSR count). The third kappa shape index (κ3) is 3.46. The van der Waals surface area contributed by atoms with Gasteiger partial charge < -0.3 is 5.32 Å². The minimum atomic E-state index is -3.54. The molecule has 0 radical (unpaired) electrons. The van der Waals surface area contributed by atoms with Crippen LogP contribution in [0, 0.1) is 6.92 Å². The van der Waals surface area contributed by atoms with Gasteiger partial charge in [-0.2, -0.15) is 5.10 Å². The summed E-state index contributed by atoms with van der Waals surface area (Å²) >= 11 is 0. The second kappa shape index (κ2) is 6.06. The summed E-state index contributed by atoms with van der Waals surface area (Å²) in [6, 6.07) is 0.277. The van der Waals surface area contributed by atoms with Gasteiger partial charge in [-0.1, -0.05) is 20.8 Å². The van der Waals surface area contributed by atoms with Crippen LogP contribution in [0.15, 0.2) is 4.90 Å². The summed E-state index contributed by atoms with van der Waals surface area (Å²) in [5.74, 6) is 0. The maximum absolute atomic E-state index is 12.7. The van der Waals surface area contributed by atoms with Crippen LogP contribution >= 0.6 is 0 Å². The largest absolute Gasteiger partial charge is 0.309 e. The second-order valence-electron chi connectivity index (χ2n) is 6.25. The number of H-pyrrole nitrogens is 1.